The van der Waals surface area contributed by atoms with Crippen molar-refractivity contribution in [2.75, 3.05) is 31.1 Å². The average Bonchev–Trinajstić information content (AvgIpc) is 2.65. The van der Waals surface area contributed by atoms with Crippen molar-refractivity contribution in [2.45, 2.75) is 32.1 Å². The summed E-state index contributed by atoms with van der Waals surface area (Å²) in [6.07, 6.45) is 11.8. The zero-order chi connectivity index (χ0) is 17.5. The summed E-state index contributed by atoms with van der Waals surface area (Å²) < 4.78 is 0. The minimum Gasteiger partial charge on any atom is -0.370 e. The molecule has 1 saturated heterocycles. The molecule has 3 rings (SSSR count). The molecule has 0 radical (unpaired) electrons. The molecule has 4 nitrogen and oxygen atoms in total. The third kappa shape index (κ3) is 5.20. The van der Waals surface area contributed by atoms with E-state index in [1.807, 2.05) is 0 Å². The minimum atomic E-state index is -0.162. The van der Waals surface area contributed by atoms with Gasteiger partial charge in [0, 0.05) is 30.9 Å². The first-order valence-electron chi connectivity index (χ1n) is 9.42. The molecule has 1 aliphatic heterocycles. The van der Waals surface area contributed by atoms with Gasteiger partial charge in [-0.2, -0.15) is 0 Å². The number of hydrogen-bond donors (Lipinski definition) is 1. The lowest BCUT2D eigenvalue weighted by Gasteiger charge is -2.34. The Morgan fingerprint density at radius 2 is 1.92 bits per heavy atom. The van der Waals surface area contributed by atoms with Gasteiger partial charge in [-0.25, -0.2) is 0 Å². The number of primary amides is 1. The van der Waals surface area contributed by atoms with Gasteiger partial charge in [0.05, 0.1) is 0 Å². The van der Waals surface area contributed by atoms with Crippen molar-refractivity contribution >= 4 is 11.6 Å². The van der Waals surface area contributed by atoms with E-state index in [4.69, 9.17) is 5.73 Å². The number of anilines is 1. The van der Waals surface area contributed by atoms with Crippen LogP contribution in [0.4, 0.5) is 5.69 Å². The van der Waals surface area contributed by atoms with Crippen LogP contribution in [0, 0.1) is 5.92 Å². The van der Waals surface area contributed by atoms with Crippen LogP contribution in [0.5, 0.6) is 0 Å². The molecule has 0 unspecified atom stereocenters. The Bertz CT molecular complexity index is 615. The van der Waals surface area contributed by atoms with Crippen molar-refractivity contribution < 1.29 is 4.79 Å². The summed E-state index contributed by atoms with van der Waals surface area (Å²) >= 11 is 0. The highest BCUT2D eigenvalue weighted by atomic mass is 16.1. The van der Waals surface area contributed by atoms with Gasteiger partial charge in [0.2, 0.25) is 5.91 Å². The molecule has 1 amide bonds. The van der Waals surface area contributed by atoms with E-state index < -0.39 is 0 Å². The van der Waals surface area contributed by atoms with Gasteiger partial charge in [0.25, 0.3) is 0 Å². The van der Waals surface area contributed by atoms with Crippen LogP contribution in [-0.2, 0) is 4.79 Å². The van der Waals surface area contributed by atoms with E-state index in [0.29, 0.717) is 12.3 Å². The smallest absolute Gasteiger partial charge is 0.217 e. The Morgan fingerprint density at radius 1 is 1.16 bits per heavy atom. The molecule has 0 saturated carbocycles. The van der Waals surface area contributed by atoms with E-state index in [0.717, 1.165) is 51.9 Å². The van der Waals surface area contributed by atoms with Gasteiger partial charge in [0.15, 0.2) is 0 Å². The van der Waals surface area contributed by atoms with E-state index in [-0.39, 0.29) is 5.91 Å². The number of carbonyl (C=O) groups is 1. The number of allylic oxidation sites excluding steroid dienone is 3. The van der Waals surface area contributed by atoms with Crippen molar-refractivity contribution in [3.05, 3.63) is 54.3 Å². The highest BCUT2D eigenvalue weighted by Gasteiger charge is 2.21. The van der Waals surface area contributed by atoms with E-state index in [1.165, 1.54) is 11.4 Å². The van der Waals surface area contributed by atoms with Crippen LogP contribution in [0.1, 0.15) is 32.1 Å². The molecule has 134 valence electrons. The van der Waals surface area contributed by atoms with Gasteiger partial charge in [-0.3, -0.25) is 4.79 Å². The number of likely N-dealkylation sites (tertiary alicyclic amines) is 1. The highest BCUT2D eigenvalue weighted by molar-refractivity contribution is 5.74. The van der Waals surface area contributed by atoms with Crippen LogP contribution < -0.4 is 10.6 Å². The molecule has 1 aromatic rings. The summed E-state index contributed by atoms with van der Waals surface area (Å²) in [6.45, 7) is 4.16. The summed E-state index contributed by atoms with van der Waals surface area (Å²) in [4.78, 5) is 16.0. The van der Waals surface area contributed by atoms with Crippen molar-refractivity contribution in [1.29, 1.82) is 0 Å². The zero-order valence-electron chi connectivity index (χ0n) is 14.9. The second kappa shape index (κ2) is 8.86. The first kappa shape index (κ1) is 17.7. The molecule has 4 heteroatoms. The van der Waals surface area contributed by atoms with Gasteiger partial charge in [-0.15, -0.1) is 0 Å². The normalized spacial score (nSPS) is 18.8. The van der Waals surface area contributed by atoms with Gasteiger partial charge in [-0.05, 0) is 62.9 Å². The Kier molecular flexibility index (Phi) is 6.29. The molecule has 1 heterocycles. The number of hydrogen-bond acceptors (Lipinski definition) is 3. The lowest BCUT2D eigenvalue weighted by atomic mass is 9.93. The summed E-state index contributed by atoms with van der Waals surface area (Å²) in [5.74, 6) is 0.313. The quantitative estimate of drug-likeness (QED) is 0.829. The molecule has 2 N–H and O–H groups in total. The zero-order valence-corrected chi connectivity index (χ0v) is 14.9. The predicted octanol–water partition coefficient (Wildman–Crippen LogP) is 3.31. The summed E-state index contributed by atoms with van der Waals surface area (Å²) in [5, 5.41) is 0. The molecular formula is C21H29N3O. The van der Waals surface area contributed by atoms with Crippen LogP contribution in [0.15, 0.2) is 54.3 Å². The molecule has 0 spiro atoms. The van der Waals surface area contributed by atoms with Gasteiger partial charge < -0.3 is 15.5 Å². The third-order valence-corrected chi connectivity index (χ3v) is 5.19. The molecule has 25 heavy (non-hydrogen) atoms. The minimum absolute atomic E-state index is 0.162. The maximum Gasteiger partial charge on any atom is 0.217 e. The van der Waals surface area contributed by atoms with E-state index >= 15 is 0 Å². The maximum absolute atomic E-state index is 11.1. The number of benzene rings is 1. The van der Waals surface area contributed by atoms with Crippen LogP contribution >= 0.6 is 0 Å². The molecule has 0 bridgehead atoms. The molecule has 0 atom stereocenters. The van der Waals surface area contributed by atoms with Crippen LogP contribution in [0.2, 0.25) is 0 Å². The van der Waals surface area contributed by atoms with Crippen molar-refractivity contribution in [1.82, 2.24) is 4.90 Å². The average molecular weight is 339 g/mol. The molecule has 1 aromatic carbocycles. The number of amides is 1. The fourth-order valence-corrected chi connectivity index (χ4v) is 3.76. The number of para-hydroxylation sites is 1. The lowest BCUT2D eigenvalue weighted by molar-refractivity contribution is -0.119. The first-order valence-corrected chi connectivity index (χ1v) is 9.42. The van der Waals surface area contributed by atoms with Crippen LogP contribution in [0.25, 0.3) is 0 Å². The first-order chi connectivity index (χ1) is 12.2. The molecule has 2 aliphatic rings. The molecule has 1 aliphatic carbocycles. The number of piperidine rings is 1. The van der Waals surface area contributed by atoms with Crippen molar-refractivity contribution in [3.8, 4) is 0 Å². The van der Waals surface area contributed by atoms with E-state index in [2.05, 4.69) is 58.4 Å². The van der Waals surface area contributed by atoms with Crippen LogP contribution in [0.3, 0.4) is 0 Å². The summed E-state index contributed by atoms with van der Waals surface area (Å²) in [6, 6.07) is 10.6. The Morgan fingerprint density at radius 3 is 2.56 bits per heavy atom. The molecule has 1 fully saturated rings. The van der Waals surface area contributed by atoms with E-state index in [9.17, 15) is 4.79 Å². The van der Waals surface area contributed by atoms with Crippen molar-refractivity contribution in [2.24, 2.45) is 11.7 Å². The van der Waals surface area contributed by atoms with E-state index in [1.54, 1.807) is 0 Å². The Labute approximate surface area is 151 Å². The number of rotatable bonds is 7. The van der Waals surface area contributed by atoms with Gasteiger partial charge in [0.1, 0.15) is 0 Å². The Balaban J connectivity index is 1.57. The molecule has 0 aromatic heterocycles. The predicted molar refractivity (Wildman–Crippen MR) is 103 cm³/mol. The Hall–Kier alpha value is -2.07. The molecular weight excluding hydrogens is 310 g/mol. The second-order valence-electron chi connectivity index (χ2n) is 7.05. The van der Waals surface area contributed by atoms with Crippen molar-refractivity contribution in [3.63, 3.8) is 0 Å². The number of nitrogens with zero attached hydrogens (tertiary/aromatic N) is 2. The third-order valence-electron chi connectivity index (χ3n) is 5.19. The lowest BCUT2D eigenvalue weighted by Crippen LogP contribution is -2.40. The standard InChI is InChI=1S/C21H29N3O/c22-21(25)17-18-11-13-23(14-12-18)15-16-24(19-7-3-1-4-8-19)20-9-5-2-6-10-20/h1,3-5,7-10,18H,2,6,11-17H2,(H2,22,25). The number of carbonyl (C=O) groups excluding carboxylic acids is 1. The summed E-state index contributed by atoms with van der Waals surface area (Å²) in [5.41, 5.74) is 7.89. The van der Waals surface area contributed by atoms with Gasteiger partial charge >= 0.3 is 0 Å². The monoisotopic (exact) mass is 339 g/mol. The summed E-state index contributed by atoms with van der Waals surface area (Å²) in [7, 11) is 0. The largest absolute Gasteiger partial charge is 0.370 e. The maximum atomic E-state index is 11.1. The second-order valence-corrected chi connectivity index (χ2v) is 7.05. The van der Waals surface area contributed by atoms with Gasteiger partial charge in [-0.1, -0.05) is 30.4 Å². The fraction of sp³-hybridized carbons (Fsp3) is 0.476. The number of nitrogens with two attached hydrogens (primary N) is 1. The van der Waals surface area contributed by atoms with Crippen LogP contribution in [-0.4, -0.2) is 37.0 Å². The highest BCUT2D eigenvalue weighted by Crippen LogP contribution is 2.24. The topological polar surface area (TPSA) is 49.6 Å². The SMILES string of the molecule is NC(=O)CC1CCN(CCN(C2=CCCC=C2)c2ccccc2)CC1. The fourth-order valence-electron chi connectivity index (χ4n) is 3.76.